The monoisotopic (exact) mass is 332 g/mol. The van der Waals surface area contributed by atoms with Crippen molar-refractivity contribution in [1.82, 2.24) is 10.3 Å². The number of aromatic amines is 1. The first kappa shape index (κ1) is 16.3. The Bertz CT molecular complexity index is 993. The molecule has 0 saturated carbocycles. The van der Waals surface area contributed by atoms with Gasteiger partial charge in [-0.05, 0) is 18.2 Å². The first-order valence-electron chi connectivity index (χ1n) is 7.71. The van der Waals surface area contributed by atoms with Gasteiger partial charge in [-0.1, -0.05) is 42.2 Å². The Kier molecular flexibility index (Phi) is 4.82. The van der Waals surface area contributed by atoms with E-state index in [1.807, 2.05) is 42.5 Å². The number of ketones is 1. The molecule has 0 unspecified atom stereocenters. The van der Waals surface area contributed by atoms with Gasteiger partial charge >= 0.3 is 0 Å². The zero-order valence-corrected chi connectivity index (χ0v) is 13.6. The normalized spacial score (nSPS) is 9.96. The molecule has 0 aliphatic rings. The molecule has 25 heavy (non-hydrogen) atoms. The molecule has 2 N–H and O–H groups in total. The lowest BCUT2D eigenvalue weighted by Gasteiger charge is -2.01. The molecule has 0 saturated heterocycles. The van der Waals surface area contributed by atoms with E-state index in [2.05, 4.69) is 22.1 Å². The van der Waals surface area contributed by atoms with Crippen molar-refractivity contribution < 1.29 is 14.3 Å². The van der Waals surface area contributed by atoms with Crippen molar-refractivity contribution in [2.24, 2.45) is 0 Å². The second-order valence-corrected chi connectivity index (χ2v) is 5.26. The van der Waals surface area contributed by atoms with Gasteiger partial charge in [-0.15, -0.1) is 0 Å². The molecule has 0 bridgehead atoms. The van der Waals surface area contributed by atoms with Crippen LogP contribution in [0.5, 0.6) is 5.75 Å². The lowest BCUT2D eigenvalue weighted by atomic mass is 10.1. The first-order valence-corrected chi connectivity index (χ1v) is 7.71. The summed E-state index contributed by atoms with van der Waals surface area (Å²) in [4.78, 5) is 27.3. The van der Waals surface area contributed by atoms with Gasteiger partial charge in [0.05, 0.1) is 24.8 Å². The van der Waals surface area contributed by atoms with E-state index in [0.717, 1.165) is 16.5 Å². The summed E-state index contributed by atoms with van der Waals surface area (Å²) in [7, 11) is 1.57. The number of hydrogen-bond donors (Lipinski definition) is 2. The summed E-state index contributed by atoms with van der Waals surface area (Å²) < 4.78 is 5.20. The summed E-state index contributed by atoms with van der Waals surface area (Å²) in [6.07, 6.45) is 1.55. The molecule has 5 nitrogen and oxygen atoms in total. The third-order valence-electron chi connectivity index (χ3n) is 3.71. The highest BCUT2D eigenvalue weighted by molar-refractivity contribution is 6.45. The topological polar surface area (TPSA) is 71.2 Å². The second-order valence-electron chi connectivity index (χ2n) is 5.26. The predicted octanol–water partition coefficient (Wildman–Crippen LogP) is 2.53. The van der Waals surface area contributed by atoms with Crippen LogP contribution in [0.2, 0.25) is 0 Å². The van der Waals surface area contributed by atoms with Crippen molar-refractivity contribution >= 4 is 22.6 Å². The number of carbonyl (C=O) groups excluding carboxylic acids is 2. The van der Waals surface area contributed by atoms with E-state index in [1.54, 1.807) is 19.4 Å². The Labute approximate surface area is 145 Å². The molecule has 0 aliphatic heterocycles. The van der Waals surface area contributed by atoms with E-state index >= 15 is 0 Å². The van der Waals surface area contributed by atoms with Crippen molar-refractivity contribution in [2.45, 2.75) is 0 Å². The van der Waals surface area contributed by atoms with E-state index in [0.29, 0.717) is 11.3 Å². The van der Waals surface area contributed by atoms with E-state index < -0.39 is 11.7 Å². The first-order chi connectivity index (χ1) is 12.2. The number of fused-ring (bicyclic) bond motifs is 1. The van der Waals surface area contributed by atoms with E-state index in [-0.39, 0.29) is 6.54 Å². The highest BCUT2D eigenvalue weighted by Gasteiger charge is 2.18. The molecule has 0 atom stereocenters. The van der Waals surface area contributed by atoms with E-state index in [4.69, 9.17) is 4.74 Å². The molecular weight excluding hydrogens is 316 g/mol. The van der Waals surface area contributed by atoms with Gasteiger partial charge in [-0.3, -0.25) is 9.59 Å². The van der Waals surface area contributed by atoms with Gasteiger partial charge in [0.1, 0.15) is 5.75 Å². The molecule has 124 valence electrons. The number of benzene rings is 2. The molecule has 0 aliphatic carbocycles. The van der Waals surface area contributed by atoms with Gasteiger partial charge in [0.15, 0.2) is 0 Å². The Balaban J connectivity index is 1.65. The highest BCUT2D eigenvalue weighted by atomic mass is 16.5. The number of methoxy groups -OCH3 is 1. The summed E-state index contributed by atoms with van der Waals surface area (Å²) >= 11 is 0. The lowest BCUT2D eigenvalue weighted by molar-refractivity contribution is -0.116. The van der Waals surface area contributed by atoms with Crippen molar-refractivity contribution in [3.63, 3.8) is 0 Å². The van der Waals surface area contributed by atoms with Crippen LogP contribution in [-0.4, -0.2) is 30.3 Å². The highest BCUT2D eigenvalue weighted by Crippen LogP contribution is 2.18. The predicted molar refractivity (Wildman–Crippen MR) is 95.5 cm³/mol. The molecule has 0 fully saturated rings. The number of H-pyrrole nitrogens is 1. The Morgan fingerprint density at radius 1 is 1.12 bits per heavy atom. The molecule has 2 aromatic carbocycles. The zero-order valence-electron chi connectivity index (χ0n) is 13.6. The van der Waals surface area contributed by atoms with Crippen LogP contribution in [0.1, 0.15) is 15.9 Å². The molecular formula is C20H16N2O3. The fraction of sp³-hybridized carbons (Fsp3) is 0.100. The molecule has 1 heterocycles. The lowest BCUT2D eigenvalue weighted by Crippen LogP contribution is -2.31. The maximum atomic E-state index is 12.3. The summed E-state index contributed by atoms with van der Waals surface area (Å²) in [5.41, 5.74) is 1.89. The summed E-state index contributed by atoms with van der Waals surface area (Å²) in [6.45, 7) is 0.0744. The molecule has 1 aromatic heterocycles. The number of nitrogens with one attached hydrogen (secondary N) is 2. The maximum Gasteiger partial charge on any atom is 0.293 e. The summed E-state index contributed by atoms with van der Waals surface area (Å²) in [6, 6.07) is 14.7. The minimum absolute atomic E-state index is 0.0744. The molecule has 0 spiro atoms. The number of Topliss-reactive ketones (excluding diaryl/α,β-unsaturated/α-hetero) is 1. The van der Waals surface area contributed by atoms with Crippen LogP contribution < -0.4 is 10.1 Å². The number of aromatic nitrogens is 1. The molecule has 5 heteroatoms. The number of carbonyl (C=O) groups is 2. The van der Waals surface area contributed by atoms with Crippen molar-refractivity contribution in [3.05, 3.63) is 65.9 Å². The zero-order chi connectivity index (χ0) is 17.6. The van der Waals surface area contributed by atoms with Gasteiger partial charge in [0.25, 0.3) is 11.7 Å². The minimum atomic E-state index is -0.681. The second kappa shape index (κ2) is 7.37. The van der Waals surface area contributed by atoms with Crippen LogP contribution in [0, 0.1) is 11.8 Å². The third-order valence-corrected chi connectivity index (χ3v) is 3.71. The van der Waals surface area contributed by atoms with Gasteiger partial charge in [0, 0.05) is 17.1 Å². The van der Waals surface area contributed by atoms with Crippen LogP contribution in [0.3, 0.4) is 0 Å². The van der Waals surface area contributed by atoms with Crippen molar-refractivity contribution in [1.29, 1.82) is 0 Å². The van der Waals surface area contributed by atoms with E-state index in [9.17, 15) is 9.59 Å². The summed E-state index contributed by atoms with van der Waals surface area (Å²) in [5.74, 6) is 5.13. The molecule has 3 aromatic rings. The number of ether oxygens (including phenoxy) is 1. The minimum Gasteiger partial charge on any atom is -0.495 e. The van der Waals surface area contributed by atoms with Gasteiger partial charge in [-0.2, -0.15) is 0 Å². The van der Waals surface area contributed by atoms with Gasteiger partial charge < -0.3 is 15.0 Å². The van der Waals surface area contributed by atoms with Crippen molar-refractivity contribution in [3.8, 4) is 17.6 Å². The fourth-order valence-corrected chi connectivity index (χ4v) is 2.47. The van der Waals surface area contributed by atoms with Crippen LogP contribution in [-0.2, 0) is 4.79 Å². The molecule has 0 radical (unpaired) electrons. The van der Waals surface area contributed by atoms with Crippen LogP contribution in [0.25, 0.3) is 10.9 Å². The Morgan fingerprint density at radius 2 is 1.88 bits per heavy atom. The van der Waals surface area contributed by atoms with E-state index in [1.165, 1.54) is 0 Å². The Hall–Kier alpha value is -3.52. The number of para-hydroxylation sites is 2. The van der Waals surface area contributed by atoms with Crippen LogP contribution >= 0.6 is 0 Å². The molecule has 1 amide bonds. The van der Waals surface area contributed by atoms with Gasteiger partial charge in [0.2, 0.25) is 0 Å². The smallest absolute Gasteiger partial charge is 0.293 e. The van der Waals surface area contributed by atoms with Crippen molar-refractivity contribution in [2.75, 3.05) is 13.7 Å². The fourth-order valence-electron chi connectivity index (χ4n) is 2.47. The number of rotatable bonds is 4. The standard InChI is InChI=1S/C20H16N2O3/c1-25-18-11-5-2-7-14(18)8-6-12-21-20(24)19(23)16-13-22-17-10-4-3-9-15(16)17/h2-5,7,9-11,13,22H,12H2,1H3,(H,21,24). The quantitative estimate of drug-likeness (QED) is 0.438. The largest absolute Gasteiger partial charge is 0.495 e. The average Bonchev–Trinajstić information content (AvgIpc) is 3.08. The Morgan fingerprint density at radius 3 is 2.72 bits per heavy atom. The average molecular weight is 332 g/mol. The van der Waals surface area contributed by atoms with Gasteiger partial charge in [-0.25, -0.2) is 0 Å². The van der Waals surface area contributed by atoms with Crippen LogP contribution in [0.15, 0.2) is 54.7 Å². The SMILES string of the molecule is COc1ccccc1C#CCNC(=O)C(=O)c1c[nH]c2ccccc12. The maximum absolute atomic E-state index is 12.3. The molecule has 3 rings (SSSR count). The number of hydrogen-bond acceptors (Lipinski definition) is 3. The summed E-state index contributed by atoms with van der Waals surface area (Å²) in [5, 5.41) is 3.25. The number of amides is 1. The van der Waals surface area contributed by atoms with Crippen LogP contribution in [0.4, 0.5) is 0 Å². The third kappa shape index (κ3) is 3.54.